The number of nitrogens with one attached hydrogen (secondary N) is 1. The number of nitro benzene ring substituents is 2. The van der Waals surface area contributed by atoms with Crippen LogP contribution in [0.1, 0.15) is 120 Å². The highest BCUT2D eigenvalue weighted by Crippen LogP contribution is 2.77. The second-order valence-electron chi connectivity index (χ2n) is 17.3. The molecular weight excluding hydrogens is 584 g/mol. The van der Waals surface area contributed by atoms with Gasteiger partial charge >= 0.3 is 11.7 Å². The van der Waals surface area contributed by atoms with Crippen molar-refractivity contribution < 1.29 is 19.4 Å². The first-order chi connectivity index (χ1) is 21.3. The van der Waals surface area contributed by atoms with Gasteiger partial charge in [0.1, 0.15) is 5.69 Å². The van der Waals surface area contributed by atoms with E-state index in [2.05, 4.69) is 53.9 Å². The lowest BCUT2D eigenvalue weighted by Crippen LogP contribution is -2.67. The normalized spacial score (nSPS) is 40.1. The van der Waals surface area contributed by atoms with E-state index in [1.165, 1.54) is 51.3 Å². The van der Waals surface area contributed by atoms with Crippen LogP contribution in [0.5, 0.6) is 0 Å². The lowest BCUT2D eigenvalue weighted by Gasteiger charge is -2.74. The molecule has 0 aromatic heterocycles. The zero-order valence-corrected chi connectivity index (χ0v) is 29.3. The largest absolute Gasteiger partial charge is 0.469 e. The third-order valence-electron chi connectivity index (χ3n) is 14.7. The molecule has 4 fully saturated rings. The summed E-state index contributed by atoms with van der Waals surface area (Å²) < 4.78 is 5.29. The second kappa shape index (κ2) is 11.3. The molecule has 1 aromatic carbocycles. The molecule has 0 spiro atoms. The standard InChI is InChI=1S/C36H54N4O6/c1-23(37-38-25-11-10-24(39(42)43)20-26(25)40(44)45)33(5)13-12-27-34(6,28(33)21-30(41)46-9)17-19-36(8)29-22-31(2,3)14-15-32(29,4)16-18-35(27,36)7/h10-11,20,27-29,38H,12-19,21-22H2,1-9H3/b37-23+. The van der Waals surface area contributed by atoms with Crippen LogP contribution in [0.2, 0.25) is 0 Å². The van der Waals surface area contributed by atoms with Gasteiger partial charge in [-0.05, 0) is 116 Å². The number of hydrogen-bond acceptors (Lipinski definition) is 8. The van der Waals surface area contributed by atoms with Crippen LogP contribution >= 0.6 is 0 Å². The summed E-state index contributed by atoms with van der Waals surface area (Å²) in [5.74, 6) is 0.840. The lowest BCUT2D eigenvalue weighted by atomic mass is 9.31. The van der Waals surface area contributed by atoms with Gasteiger partial charge in [0.15, 0.2) is 0 Å². The van der Waals surface area contributed by atoms with Crippen LogP contribution in [0, 0.1) is 70.5 Å². The van der Waals surface area contributed by atoms with Crippen molar-refractivity contribution in [3.63, 3.8) is 0 Å². The first-order valence-corrected chi connectivity index (χ1v) is 17.1. The summed E-state index contributed by atoms with van der Waals surface area (Å²) in [6.45, 7) is 19.2. The van der Waals surface area contributed by atoms with Gasteiger partial charge in [0.05, 0.1) is 23.0 Å². The van der Waals surface area contributed by atoms with Gasteiger partial charge < -0.3 is 4.74 Å². The number of benzene rings is 1. The monoisotopic (exact) mass is 638 g/mol. The van der Waals surface area contributed by atoms with Crippen LogP contribution in [0.4, 0.5) is 17.1 Å². The minimum Gasteiger partial charge on any atom is -0.469 e. The highest BCUT2D eigenvalue weighted by molar-refractivity contribution is 5.89. The molecule has 46 heavy (non-hydrogen) atoms. The Morgan fingerprint density at radius 3 is 2.17 bits per heavy atom. The number of methoxy groups -OCH3 is 1. The van der Waals surface area contributed by atoms with Crippen molar-refractivity contribution in [2.24, 2.45) is 55.3 Å². The number of nitro groups is 2. The Kier molecular flexibility index (Phi) is 8.42. The molecule has 0 bridgehead atoms. The minimum atomic E-state index is -0.652. The molecule has 10 heteroatoms. The Morgan fingerprint density at radius 1 is 0.913 bits per heavy atom. The number of ether oxygens (including phenoxy) is 1. The highest BCUT2D eigenvalue weighted by Gasteiger charge is 2.70. The summed E-state index contributed by atoms with van der Waals surface area (Å²) in [6.07, 6.45) is 10.6. The van der Waals surface area contributed by atoms with Gasteiger partial charge in [0.2, 0.25) is 0 Å². The maximum atomic E-state index is 13.1. The molecule has 0 amide bonds. The van der Waals surface area contributed by atoms with Crippen molar-refractivity contribution in [1.29, 1.82) is 0 Å². The fraction of sp³-hybridized carbons (Fsp3) is 0.778. The molecule has 0 heterocycles. The number of anilines is 1. The SMILES string of the molecule is COC(=O)CC1C(C)(/C(C)=N/Nc2ccc([N+](=O)[O-])cc2[N+](=O)[O-])CCC2C1(C)CCC1(C)C3CC(C)(C)CCC3(C)CCC21C. The number of esters is 1. The average molecular weight is 639 g/mol. The molecule has 0 aliphatic heterocycles. The van der Waals surface area contributed by atoms with Crippen LogP contribution < -0.4 is 5.43 Å². The number of carbonyl (C=O) groups excluding carboxylic acids is 1. The van der Waals surface area contributed by atoms with Gasteiger partial charge in [-0.1, -0.05) is 48.5 Å². The topological polar surface area (TPSA) is 137 Å². The van der Waals surface area contributed by atoms with E-state index in [1.807, 2.05) is 6.92 Å². The van der Waals surface area contributed by atoms with Gasteiger partial charge in [0, 0.05) is 23.6 Å². The van der Waals surface area contributed by atoms with Crippen molar-refractivity contribution in [1.82, 2.24) is 0 Å². The fourth-order valence-corrected chi connectivity index (χ4v) is 11.4. The van der Waals surface area contributed by atoms with Gasteiger partial charge in [-0.25, -0.2) is 0 Å². The molecule has 8 unspecified atom stereocenters. The van der Waals surface area contributed by atoms with Crippen molar-refractivity contribution in [3.8, 4) is 0 Å². The highest BCUT2D eigenvalue weighted by atomic mass is 16.6. The Balaban J connectivity index is 1.51. The van der Waals surface area contributed by atoms with Gasteiger partial charge in [-0.15, -0.1) is 0 Å². The number of non-ortho nitro benzene ring substituents is 1. The summed E-state index contributed by atoms with van der Waals surface area (Å²) in [6, 6.07) is 3.51. The molecule has 5 rings (SSSR count). The summed E-state index contributed by atoms with van der Waals surface area (Å²) >= 11 is 0. The maximum Gasteiger partial charge on any atom is 0.305 e. The van der Waals surface area contributed by atoms with Crippen LogP contribution in [0.15, 0.2) is 23.3 Å². The molecule has 4 aliphatic rings. The summed E-state index contributed by atoms with van der Waals surface area (Å²) in [4.78, 5) is 34.8. The third-order valence-corrected chi connectivity index (χ3v) is 14.7. The van der Waals surface area contributed by atoms with E-state index in [0.717, 1.165) is 37.5 Å². The fourth-order valence-electron chi connectivity index (χ4n) is 11.4. The average Bonchev–Trinajstić information content (AvgIpc) is 2.99. The van der Waals surface area contributed by atoms with Gasteiger partial charge in [-0.2, -0.15) is 5.10 Å². The Morgan fingerprint density at radius 2 is 1.54 bits per heavy atom. The summed E-state index contributed by atoms with van der Waals surface area (Å²) in [5.41, 5.74) is 3.42. The van der Waals surface area contributed by atoms with Crippen molar-refractivity contribution in [2.75, 3.05) is 12.5 Å². The number of fused-ring (bicyclic) bond motifs is 5. The lowest BCUT2D eigenvalue weighted by molar-refractivity contribution is -0.393. The van der Waals surface area contributed by atoms with E-state index < -0.39 is 20.9 Å². The molecule has 0 radical (unpaired) electrons. The van der Waals surface area contributed by atoms with Crippen LogP contribution in [-0.4, -0.2) is 28.6 Å². The Labute approximate surface area is 273 Å². The minimum absolute atomic E-state index is 0.0407. The molecule has 4 aliphatic carbocycles. The van der Waals surface area contributed by atoms with Crippen molar-refractivity contribution in [2.45, 2.75) is 120 Å². The number of carbonyl (C=O) groups is 1. The zero-order chi connectivity index (χ0) is 34.1. The smallest absolute Gasteiger partial charge is 0.305 e. The molecule has 4 saturated carbocycles. The zero-order valence-electron chi connectivity index (χ0n) is 29.3. The summed E-state index contributed by atoms with van der Waals surface area (Å²) in [7, 11) is 1.45. The first kappa shape index (κ1) is 34.3. The molecule has 1 N–H and O–H groups in total. The van der Waals surface area contributed by atoms with Gasteiger partial charge in [-0.3, -0.25) is 30.4 Å². The molecule has 254 valence electrons. The van der Waals surface area contributed by atoms with Crippen LogP contribution in [0.3, 0.4) is 0 Å². The maximum absolute atomic E-state index is 13.1. The predicted molar refractivity (Wildman–Crippen MR) is 179 cm³/mol. The number of nitrogens with zero attached hydrogens (tertiary/aromatic N) is 3. The summed E-state index contributed by atoms with van der Waals surface area (Å²) in [5, 5.41) is 27.7. The van der Waals surface area contributed by atoms with Crippen molar-refractivity contribution in [3.05, 3.63) is 38.4 Å². The molecule has 8 atom stereocenters. The molecule has 10 nitrogen and oxygen atoms in total. The van der Waals surface area contributed by atoms with Gasteiger partial charge in [0.25, 0.3) is 5.69 Å². The molecule has 0 saturated heterocycles. The number of rotatable bonds is 7. The van der Waals surface area contributed by atoms with Crippen LogP contribution in [-0.2, 0) is 9.53 Å². The van der Waals surface area contributed by atoms with E-state index in [9.17, 15) is 25.0 Å². The van der Waals surface area contributed by atoms with Crippen LogP contribution in [0.25, 0.3) is 0 Å². The molecule has 1 aromatic rings. The Hall–Kier alpha value is -3.04. The number of hydrazone groups is 1. The van der Waals surface area contributed by atoms with E-state index in [1.54, 1.807) is 0 Å². The predicted octanol–water partition coefficient (Wildman–Crippen LogP) is 9.33. The quantitative estimate of drug-likeness (QED) is 0.136. The van der Waals surface area contributed by atoms with E-state index in [-0.39, 0.29) is 45.9 Å². The second-order valence-corrected chi connectivity index (χ2v) is 17.3. The number of hydrogen-bond donors (Lipinski definition) is 1. The third kappa shape index (κ3) is 5.22. The van der Waals surface area contributed by atoms with Crippen molar-refractivity contribution >= 4 is 28.7 Å². The van der Waals surface area contributed by atoms with E-state index >= 15 is 0 Å². The Bertz CT molecular complexity index is 1460. The molecular formula is C36H54N4O6. The van der Waals surface area contributed by atoms with E-state index in [0.29, 0.717) is 22.7 Å². The first-order valence-electron chi connectivity index (χ1n) is 17.1. The van der Waals surface area contributed by atoms with E-state index in [4.69, 9.17) is 9.84 Å².